The van der Waals surface area contributed by atoms with E-state index in [0.29, 0.717) is 18.9 Å². The van der Waals surface area contributed by atoms with Gasteiger partial charge in [-0.05, 0) is 62.6 Å². The first kappa shape index (κ1) is 23.7. The van der Waals surface area contributed by atoms with Gasteiger partial charge in [0.1, 0.15) is 5.82 Å². The first-order valence-corrected chi connectivity index (χ1v) is 10.7. The number of carbonyl (C=O) groups is 1. The molecule has 8 heteroatoms. The summed E-state index contributed by atoms with van der Waals surface area (Å²) in [6.45, 7) is 7.53. The maximum Gasteiger partial charge on any atom is 0.217 e. The van der Waals surface area contributed by atoms with Crippen molar-refractivity contribution in [2.45, 2.75) is 52.0 Å². The molecule has 1 amide bonds. The van der Waals surface area contributed by atoms with Crippen molar-refractivity contribution in [1.82, 2.24) is 15.2 Å². The van der Waals surface area contributed by atoms with Crippen LogP contribution in [0.15, 0.2) is 23.3 Å². The van der Waals surface area contributed by atoms with Crippen LogP contribution in [0.25, 0.3) is 0 Å². The summed E-state index contributed by atoms with van der Waals surface area (Å²) in [6, 6.07) is 4.22. The smallest absolute Gasteiger partial charge is 0.217 e. The summed E-state index contributed by atoms with van der Waals surface area (Å²) in [4.78, 5) is 25.4. The molecule has 2 fully saturated rings. The number of hydrogen-bond donors (Lipinski definition) is 2. The van der Waals surface area contributed by atoms with Crippen molar-refractivity contribution in [3.05, 3.63) is 23.9 Å². The lowest BCUT2D eigenvalue weighted by molar-refractivity contribution is -0.119. The van der Waals surface area contributed by atoms with Crippen LogP contribution in [0.1, 0.15) is 51.0 Å². The van der Waals surface area contributed by atoms with E-state index in [0.717, 1.165) is 57.3 Å². The number of halogens is 1. The van der Waals surface area contributed by atoms with Gasteiger partial charge in [0, 0.05) is 45.3 Å². The van der Waals surface area contributed by atoms with Gasteiger partial charge < -0.3 is 20.9 Å². The number of nitrogens with one attached hydrogen (secondary N) is 1. The van der Waals surface area contributed by atoms with Crippen LogP contribution in [-0.4, -0.2) is 54.5 Å². The molecule has 2 saturated heterocycles. The fourth-order valence-electron chi connectivity index (χ4n) is 4.16. The zero-order valence-electron chi connectivity index (χ0n) is 17.5. The van der Waals surface area contributed by atoms with E-state index < -0.39 is 0 Å². The van der Waals surface area contributed by atoms with Crippen molar-refractivity contribution in [3.63, 3.8) is 0 Å². The quantitative estimate of drug-likeness (QED) is 0.347. The Morgan fingerprint density at radius 3 is 2.79 bits per heavy atom. The predicted molar refractivity (Wildman–Crippen MR) is 129 cm³/mol. The van der Waals surface area contributed by atoms with Gasteiger partial charge in [-0.25, -0.2) is 9.98 Å². The van der Waals surface area contributed by atoms with Gasteiger partial charge >= 0.3 is 0 Å². The van der Waals surface area contributed by atoms with Crippen LogP contribution in [0.3, 0.4) is 0 Å². The van der Waals surface area contributed by atoms with Crippen molar-refractivity contribution >= 4 is 41.7 Å². The molecule has 0 aromatic carbocycles. The summed E-state index contributed by atoms with van der Waals surface area (Å²) in [5, 5.41) is 3.41. The van der Waals surface area contributed by atoms with Gasteiger partial charge in [-0.1, -0.05) is 0 Å². The Morgan fingerprint density at radius 1 is 1.28 bits per heavy atom. The summed E-state index contributed by atoms with van der Waals surface area (Å²) in [6.07, 6.45) is 8.29. The summed E-state index contributed by atoms with van der Waals surface area (Å²) in [7, 11) is 0. The standard InChI is InChI=1S/C21H34N6O.HI/c1-2-23-21(27-12-6-7-18(16-27)13-19(22)28)25-15-17-8-9-24-20(14-17)26-10-4-3-5-11-26;/h8-9,14,18H,2-7,10-13,15-16H2,1H3,(H2,22,28)(H,23,25);1H. The predicted octanol–water partition coefficient (Wildman–Crippen LogP) is 2.74. The van der Waals surface area contributed by atoms with E-state index >= 15 is 0 Å². The van der Waals surface area contributed by atoms with Crippen LogP contribution in [0.5, 0.6) is 0 Å². The second kappa shape index (κ2) is 12.2. The van der Waals surface area contributed by atoms with E-state index in [1.165, 1.54) is 24.8 Å². The van der Waals surface area contributed by atoms with E-state index in [4.69, 9.17) is 10.7 Å². The van der Waals surface area contributed by atoms with Gasteiger partial charge in [-0.15, -0.1) is 24.0 Å². The monoisotopic (exact) mass is 514 g/mol. The van der Waals surface area contributed by atoms with Crippen LogP contribution in [0.4, 0.5) is 5.82 Å². The number of anilines is 1. The molecule has 3 N–H and O–H groups in total. The zero-order chi connectivity index (χ0) is 19.8. The van der Waals surface area contributed by atoms with Crippen molar-refractivity contribution in [2.24, 2.45) is 16.6 Å². The number of guanidine groups is 1. The molecule has 1 unspecified atom stereocenters. The minimum absolute atomic E-state index is 0. The molecular formula is C21H35IN6O. The molecule has 1 aromatic rings. The third kappa shape index (κ3) is 7.31. The number of aliphatic imine (C=N–C) groups is 1. The normalized spacial score (nSPS) is 20.2. The zero-order valence-corrected chi connectivity index (χ0v) is 19.8. The summed E-state index contributed by atoms with van der Waals surface area (Å²) in [5.41, 5.74) is 6.58. The van der Waals surface area contributed by atoms with Crippen molar-refractivity contribution < 1.29 is 4.79 Å². The third-order valence-electron chi connectivity index (χ3n) is 5.54. The number of likely N-dealkylation sites (tertiary alicyclic amines) is 1. The first-order chi connectivity index (χ1) is 13.7. The highest BCUT2D eigenvalue weighted by molar-refractivity contribution is 14.0. The fraction of sp³-hybridized carbons (Fsp3) is 0.667. The second-order valence-electron chi connectivity index (χ2n) is 7.86. The lowest BCUT2D eigenvalue weighted by atomic mass is 9.95. The molecule has 2 aliphatic heterocycles. The maximum absolute atomic E-state index is 11.3. The second-order valence-corrected chi connectivity index (χ2v) is 7.86. The van der Waals surface area contributed by atoms with E-state index in [1.807, 2.05) is 12.3 Å². The number of carbonyl (C=O) groups excluding carboxylic acids is 1. The van der Waals surface area contributed by atoms with Crippen LogP contribution >= 0.6 is 24.0 Å². The summed E-state index contributed by atoms with van der Waals surface area (Å²) < 4.78 is 0. The summed E-state index contributed by atoms with van der Waals surface area (Å²) >= 11 is 0. The third-order valence-corrected chi connectivity index (χ3v) is 5.54. The maximum atomic E-state index is 11.3. The number of aromatic nitrogens is 1. The number of primary amides is 1. The van der Waals surface area contributed by atoms with Gasteiger partial charge in [0.2, 0.25) is 5.91 Å². The minimum Gasteiger partial charge on any atom is -0.370 e. The highest BCUT2D eigenvalue weighted by atomic mass is 127. The topological polar surface area (TPSA) is 86.8 Å². The van der Waals surface area contributed by atoms with Gasteiger partial charge in [-0.3, -0.25) is 4.79 Å². The average molecular weight is 514 g/mol. The largest absolute Gasteiger partial charge is 0.370 e. The Bertz CT molecular complexity index is 677. The van der Waals surface area contributed by atoms with Crippen molar-refractivity contribution in [3.8, 4) is 0 Å². The fourth-order valence-corrected chi connectivity index (χ4v) is 4.16. The number of hydrogen-bond acceptors (Lipinski definition) is 4. The Balaban J connectivity index is 0.00000300. The van der Waals surface area contributed by atoms with Crippen LogP contribution in [0.2, 0.25) is 0 Å². The Labute approximate surface area is 191 Å². The molecular weight excluding hydrogens is 479 g/mol. The summed E-state index contributed by atoms with van der Waals surface area (Å²) in [5.74, 6) is 2.10. The molecule has 0 aliphatic carbocycles. The number of piperidine rings is 2. The molecule has 162 valence electrons. The molecule has 0 bridgehead atoms. The Kier molecular flexibility index (Phi) is 9.96. The highest BCUT2D eigenvalue weighted by Crippen LogP contribution is 2.21. The van der Waals surface area contributed by atoms with Crippen molar-refractivity contribution in [1.29, 1.82) is 0 Å². The molecule has 1 atom stereocenters. The number of nitrogens with zero attached hydrogens (tertiary/aromatic N) is 4. The lowest BCUT2D eigenvalue weighted by Crippen LogP contribution is -2.47. The molecule has 2 aliphatic rings. The Morgan fingerprint density at radius 2 is 2.07 bits per heavy atom. The van der Waals surface area contributed by atoms with Crippen molar-refractivity contribution in [2.75, 3.05) is 37.6 Å². The molecule has 1 aromatic heterocycles. The number of amides is 1. The van der Waals surface area contributed by atoms with E-state index in [2.05, 4.69) is 33.1 Å². The van der Waals surface area contributed by atoms with Gasteiger partial charge in [0.05, 0.1) is 6.54 Å². The van der Waals surface area contributed by atoms with E-state index in [-0.39, 0.29) is 29.9 Å². The molecule has 0 saturated carbocycles. The molecule has 0 spiro atoms. The molecule has 3 heterocycles. The SMILES string of the molecule is CCNC(=NCc1ccnc(N2CCCCC2)c1)N1CCCC(CC(N)=O)C1.I. The average Bonchev–Trinajstić information content (AvgIpc) is 2.72. The van der Waals surface area contributed by atoms with Crippen LogP contribution < -0.4 is 16.0 Å². The Hall–Kier alpha value is -1.58. The van der Waals surface area contributed by atoms with Crippen LogP contribution in [-0.2, 0) is 11.3 Å². The van der Waals surface area contributed by atoms with Gasteiger partial charge in [0.15, 0.2) is 5.96 Å². The molecule has 3 rings (SSSR count). The van der Waals surface area contributed by atoms with Gasteiger partial charge in [-0.2, -0.15) is 0 Å². The minimum atomic E-state index is -0.212. The molecule has 7 nitrogen and oxygen atoms in total. The number of nitrogens with two attached hydrogens (primary N) is 1. The highest BCUT2D eigenvalue weighted by Gasteiger charge is 2.23. The molecule has 29 heavy (non-hydrogen) atoms. The first-order valence-electron chi connectivity index (χ1n) is 10.7. The molecule has 0 radical (unpaired) electrons. The lowest BCUT2D eigenvalue weighted by Gasteiger charge is -2.34. The van der Waals surface area contributed by atoms with E-state index in [1.54, 1.807) is 0 Å². The van der Waals surface area contributed by atoms with E-state index in [9.17, 15) is 4.79 Å². The van der Waals surface area contributed by atoms with Crippen LogP contribution in [0, 0.1) is 5.92 Å². The van der Waals surface area contributed by atoms with Gasteiger partial charge in [0.25, 0.3) is 0 Å². The number of pyridine rings is 1. The number of rotatable bonds is 6.